The maximum atomic E-state index is 12.7. The fourth-order valence-electron chi connectivity index (χ4n) is 4.51. The first-order valence-electron chi connectivity index (χ1n) is 10.6. The van der Waals surface area contributed by atoms with Gasteiger partial charge in [-0.05, 0) is 74.4 Å². The van der Waals surface area contributed by atoms with E-state index in [9.17, 15) is 4.79 Å². The first-order chi connectivity index (χ1) is 13.9. The zero-order valence-electron chi connectivity index (χ0n) is 19.8. The Bertz CT molecular complexity index is 965. The fourth-order valence-corrected chi connectivity index (χ4v) is 4.51. The molecule has 0 aliphatic carbocycles. The van der Waals surface area contributed by atoms with E-state index in [1.807, 2.05) is 12.1 Å². The number of amides is 1. The van der Waals surface area contributed by atoms with E-state index < -0.39 is 5.60 Å². The van der Waals surface area contributed by atoms with Gasteiger partial charge < -0.3 is 14.8 Å². The number of methoxy groups -OCH3 is 1. The number of benzene rings is 2. The minimum atomic E-state index is -0.396. The number of ether oxygens (including phenoxy) is 2. The Labute approximate surface area is 181 Å². The van der Waals surface area contributed by atoms with E-state index in [0.717, 1.165) is 33.9 Å². The first kappa shape index (κ1) is 22.2. The Balaban J connectivity index is 2.12. The lowest BCUT2D eigenvalue weighted by Crippen LogP contribution is -2.31. The van der Waals surface area contributed by atoms with Gasteiger partial charge in [0.15, 0.2) is 0 Å². The van der Waals surface area contributed by atoms with Crippen LogP contribution < -0.4 is 14.8 Å². The molecule has 1 amide bonds. The highest BCUT2D eigenvalue weighted by Crippen LogP contribution is 2.53. The van der Waals surface area contributed by atoms with E-state index in [0.29, 0.717) is 6.42 Å². The van der Waals surface area contributed by atoms with Crippen LogP contribution in [0.5, 0.6) is 11.5 Å². The van der Waals surface area contributed by atoms with Crippen molar-refractivity contribution < 1.29 is 14.3 Å². The Morgan fingerprint density at radius 3 is 2.20 bits per heavy atom. The van der Waals surface area contributed by atoms with Crippen molar-refractivity contribution in [3.05, 3.63) is 52.1 Å². The molecule has 2 aromatic carbocycles. The van der Waals surface area contributed by atoms with E-state index in [1.54, 1.807) is 7.11 Å². The third-order valence-corrected chi connectivity index (χ3v) is 6.06. The van der Waals surface area contributed by atoms with E-state index in [-0.39, 0.29) is 17.2 Å². The number of carbonyl (C=O) groups is 1. The average molecular weight is 410 g/mol. The lowest BCUT2D eigenvalue weighted by Gasteiger charge is -2.27. The van der Waals surface area contributed by atoms with Crippen LogP contribution >= 0.6 is 0 Å². The highest BCUT2D eigenvalue weighted by Gasteiger charge is 2.45. The summed E-state index contributed by atoms with van der Waals surface area (Å²) in [6, 6.07) is 8.20. The number of anilines is 1. The van der Waals surface area contributed by atoms with Gasteiger partial charge in [0.25, 0.3) is 0 Å². The summed E-state index contributed by atoms with van der Waals surface area (Å²) in [5, 5.41) is 3.21. The summed E-state index contributed by atoms with van der Waals surface area (Å²) in [5.74, 6) is 1.90. The predicted molar refractivity (Wildman–Crippen MR) is 123 cm³/mol. The predicted octanol–water partition coefficient (Wildman–Crippen LogP) is 6.30. The van der Waals surface area contributed by atoms with Gasteiger partial charge >= 0.3 is 0 Å². The SMILES string of the molecule is COc1ccc(C2c3c(C)c(NC(=O)CC(C)(C)C)c(C)c(C)c3OC2(C)C)cc1. The fraction of sp³-hybridized carbons (Fsp3) is 0.500. The molecule has 0 bridgehead atoms. The molecule has 1 atom stereocenters. The molecule has 0 spiro atoms. The van der Waals surface area contributed by atoms with Crippen LogP contribution in [0.1, 0.15) is 74.8 Å². The maximum Gasteiger partial charge on any atom is 0.224 e. The first-order valence-corrected chi connectivity index (χ1v) is 10.6. The third-order valence-electron chi connectivity index (χ3n) is 6.06. The van der Waals surface area contributed by atoms with Crippen molar-refractivity contribution in [2.45, 2.75) is 73.3 Å². The van der Waals surface area contributed by atoms with Gasteiger partial charge in [0, 0.05) is 17.7 Å². The van der Waals surface area contributed by atoms with E-state index >= 15 is 0 Å². The molecule has 4 nitrogen and oxygen atoms in total. The van der Waals surface area contributed by atoms with Crippen LogP contribution in [0.15, 0.2) is 24.3 Å². The van der Waals surface area contributed by atoms with Gasteiger partial charge in [-0.3, -0.25) is 4.79 Å². The molecule has 2 aromatic rings. The summed E-state index contributed by atoms with van der Waals surface area (Å²) >= 11 is 0. The minimum Gasteiger partial charge on any atom is -0.497 e. The number of hydrogen-bond acceptors (Lipinski definition) is 3. The van der Waals surface area contributed by atoms with E-state index in [4.69, 9.17) is 9.47 Å². The zero-order valence-corrected chi connectivity index (χ0v) is 19.8. The van der Waals surface area contributed by atoms with Gasteiger partial charge in [-0.25, -0.2) is 0 Å². The van der Waals surface area contributed by atoms with Crippen LogP contribution in [-0.4, -0.2) is 18.6 Å². The molecule has 0 radical (unpaired) electrons. The second kappa shape index (κ2) is 7.64. The van der Waals surface area contributed by atoms with Crippen molar-refractivity contribution >= 4 is 11.6 Å². The van der Waals surface area contributed by atoms with Gasteiger partial charge in [0.1, 0.15) is 17.1 Å². The topological polar surface area (TPSA) is 47.6 Å². The molecule has 162 valence electrons. The van der Waals surface area contributed by atoms with E-state index in [2.05, 4.69) is 72.8 Å². The zero-order chi connectivity index (χ0) is 22.4. The Kier molecular flexibility index (Phi) is 5.66. The molecule has 1 unspecified atom stereocenters. The van der Waals surface area contributed by atoms with Crippen LogP contribution in [0.2, 0.25) is 0 Å². The molecule has 1 aliphatic heterocycles. The monoisotopic (exact) mass is 409 g/mol. The van der Waals surface area contributed by atoms with Gasteiger partial charge in [0.2, 0.25) is 5.91 Å². The molecular weight excluding hydrogens is 374 g/mol. The third kappa shape index (κ3) is 4.05. The highest BCUT2D eigenvalue weighted by molar-refractivity contribution is 5.94. The molecule has 3 rings (SSSR count). The van der Waals surface area contributed by atoms with Crippen LogP contribution in [0, 0.1) is 26.2 Å². The van der Waals surface area contributed by atoms with Crippen molar-refractivity contribution in [1.29, 1.82) is 0 Å². The number of carbonyl (C=O) groups excluding carboxylic acids is 1. The highest BCUT2D eigenvalue weighted by atomic mass is 16.5. The molecule has 0 saturated heterocycles. The largest absolute Gasteiger partial charge is 0.497 e. The maximum absolute atomic E-state index is 12.7. The smallest absolute Gasteiger partial charge is 0.224 e. The van der Waals surface area contributed by atoms with Crippen LogP contribution in [0.4, 0.5) is 5.69 Å². The van der Waals surface area contributed by atoms with Gasteiger partial charge in [-0.15, -0.1) is 0 Å². The lowest BCUT2D eigenvalue weighted by atomic mass is 9.78. The summed E-state index contributed by atoms with van der Waals surface area (Å²) < 4.78 is 11.8. The normalized spacial score (nSPS) is 17.3. The molecular formula is C26H35NO3. The van der Waals surface area contributed by atoms with Crippen LogP contribution in [-0.2, 0) is 4.79 Å². The molecule has 1 heterocycles. The summed E-state index contributed by atoms with van der Waals surface area (Å²) in [6.07, 6.45) is 0.478. The second-order valence-corrected chi connectivity index (χ2v) is 10.2. The number of rotatable bonds is 4. The van der Waals surface area contributed by atoms with Gasteiger partial charge in [-0.2, -0.15) is 0 Å². The van der Waals surface area contributed by atoms with Crippen molar-refractivity contribution in [2.75, 3.05) is 12.4 Å². The van der Waals surface area contributed by atoms with E-state index in [1.165, 1.54) is 11.1 Å². The summed E-state index contributed by atoms with van der Waals surface area (Å²) in [4.78, 5) is 12.7. The number of hydrogen-bond donors (Lipinski definition) is 1. The molecule has 0 aromatic heterocycles. The lowest BCUT2D eigenvalue weighted by molar-refractivity contribution is -0.117. The van der Waals surface area contributed by atoms with Crippen LogP contribution in [0.25, 0.3) is 0 Å². The summed E-state index contributed by atoms with van der Waals surface area (Å²) in [7, 11) is 1.68. The molecule has 0 saturated carbocycles. The molecule has 1 N–H and O–H groups in total. The average Bonchev–Trinajstić information content (AvgIpc) is 2.93. The van der Waals surface area contributed by atoms with Gasteiger partial charge in [0.05, 0.1) is 13.0 Å². The summed E-state index contributed by atoms with van der Waals surface area (Å²) in [6.45, 7) is 16.7. The number of fused-ring (bicyclic) bond motifs is 1. The van der Waals surface area contributed by atoms with Crippen molar-refractivity contribution in [2.24, 2.45) is 5.41 Å². The van der Waals surface area contributed by atoms with Crippen LogP contribution in [0.3, 0.4) is 0 Å². The molecule has 30 heavy (non-hydrogen) atoms. The Hall–Kier alpha value is -2.49. The van der Waals surface area contributed by atoms with Crippen molar-refractivity contribution in [3.63, 3.8) is 0 Å². The van der Waals surface area contributed by atoms with Gasteiger partial charge in [-0.1, -0.05) is 32.9 Å². The molecule has 1 aliphatic rings. The standard InChI is InChI=1S/C26H35NO3/c1-15-16(2)24-21(17(3)23(15)27-20(28)14-25(4,5)6)22(26(7,8)30-24)18-10-12-19(29-9)13-11-18/h10-13,22H,14H2,1-9H3,(H,27,28). The second-order valence-electron chi connectivity index (χ2n) is 10.2. The Morgan fingerprint density at radius 2 is 1.67 bits per heavy atom. The quantitative estimate of drug-likeness (QED) is 0.645. The molecule has 0 fully saturated rings. The molecule has 4 heteroatoms. The summed E-state index contributed by atoms with van der Waals surface area (Å²) in [5.41, 5.74) is 6.05. The van der Waals surface area contributed by atoms with Crippen molar-refractivity contribution in [3.8, 4) is 11.5 Å². The van der Waals surface area contributed by atoms with Crippen molar-refractivity contribution in [1.82, 2.24) is 0 Å². The number of nitrogens with one attached hydrogen (secondary N) is 1. The minimum absolute atomic E-state index is 0.0484. The Morgan fingerprint density at radius 1 is 1.07 bits per heavy atom.